The molecule has 0 bridgehead atoms. The fourth-order valence-corrected chi connectivity index (χ4v) is 2.61. The number of hydrogen-bond donors (Lipinski definition) is 1. The van der Waals surface area contributed by atoms with Gasteiger partial charge in [-0.05, 0) is 18.6 Å². The molecule has 0 radical (unpaired) electrons. The van der Waals surface area contributed by atoms with Gasteiger partial charge in [0, 0.05) is 37.9 Å². The highest BCUT2D eigenvalue weighted by atomic mass is 16.5. The lowest BCUT2D eigenvalue weighted by atomic mass is 9.97. The Morgan fingerprint density at radius 2 is 2.38 bits per heavy atom. The molecular weight excluding hydrogens is 266 g/mol. The van der Waals surface area contributed by atoms with Crippen LogP contribution in [0.15, 0.2) is 30.7 Å². The van der Waals surface area contributed by atoms with Crippen molar-refractivity contribution in [2.24, 2.45) is 13.0 Å². The molecule has 108 valence electrons. The lowest BCUT2D eigenvalue weighted by molar-refractivity contribution is 0.0932. The van der Waals surface area contributed by atoms with Gasteiger partial charge in [-0.1, -0.05) is 0 Å². The fourth-order valence-electron chi connectivity index (χ4n) is 2.61. The van der Waals surface area contributed by atoms with Crippen molar-refractivity contribution in [3.8, 4) is 6.07 Å². The summed E-state index contributed by atoms with van der Waals surface area (Å²) in [6, 6.07) is 5.60. The summed E-state index contributed by atoms with van der Waals surface area (Å²) in [7, 11) is 1.91. The molecule has 2 atom stereocenters. The lowest BCUT2D eigenvalue weighted by Crippen LogP contribution is -2.17. The maximum absolute atomic E-state index is 8.74. The van der Waals surface area contributed by atoms with Crippen LogP contribution in [0.2, 0.25) is 0 Å². The average Bonchev–Trinajstić information content (AvgIpc) is 3.14. The summed E-state index contributed by atoms with van der Waals surface area (Å²) in [4.78, 5) is 4.05. The van der Waals surface area contributed by atoms with Crippen molar-refractivity contribution < 1.29 is 4.74 Å². The van der Waals surface area contributed by atoms with Gasteiger partial charge in [-0.3, -0.25) is 4.68 Å². The third-order valence-corrected chi connectivity index (χ3v) is 3.71. The third-order valence-electron chi connectivity index (χ3n) is 3.71. The fraction of sp³-hybridized carbons (Fsp3) is 0.400. The molecule has 1 saturated heterocycles. The van der Waals surface area contributed by atoms with Crippen molar-refractivity contribution in [1.82, 2.24) is 14.8 Å². The van der Waals surface area contributed by atoms with Crippen LogP contribution in [0.3, 0.4) is 0 Å². The smallest absolute Gasteiger partial charge is 0.140 e. The van der Waals surface area contributed by atoms with Gasteiger partial charge in [0.15, 0.2) is 0 Å². The number of nitrogens with zero attached hydrogens (tertiary/aromatic N) is 4. The largest absolute Gasteiger partial charge is 0.383 e. The van der Waals surface area contributed by atoms with Crippen LogP contribution in [0, 0.1) is 17.2 Å². The van der Waals surface area contributed by atoms with Crippen molar-refractivity contribution in [2.45, 2.75) is 12.5 Å². The zero-order valence-electron chi connectivity index (χ0n) is 11.9. The Bertz CT molecular complexity index is 643. The normalized spacial score (nSPS) is 21.1. The molecule has 1 aliphatic rings. The molecule has 0 spiro atoms. The van der Waals surface area contributed by atoms with Gasteiger partial charge in [-0.2, -0.15) is 10.4 Å². The monoisotopic (exact) mass is 283 g/mol. The van der Waals surface area contributed by atoms with E-state index in [-0.39, 0.29) is 6.10 Å². The maximum Gasteiger partial charge on any atom is 0.140 e. The van der Waals surface area contributed by atoms with Crippen LogP contribution < -0.4 is 5.32 Å². The van der Waals surface area contributed by atoms with Crippen molar-refractivity contribution >= 4 is 5.69 Å². The van der Waals surface area contributed by atoms with Gasteiger partial charge in [-0.25, -0.2) is 4.98 Å². The molecule has 0 amide bonds. The summed E-state index contributed by atoms with van der Waals surface area (Å²) >= 11 is 0. The summed E-state index contributed by atoms with van der Waals surface area (Å²) in [5.74, 6) is 0.407. The molecule has 1 fully saturated rings. The molecule has 1 N–H and O–H groups in total. The van der Waals surface area contributed by atoms with Crippen molar-refractivity contribution in [3.63, 3.8) is 0 Å². The standard InChI is InChI=1S/C15H17N5O/c1-20-10-12(8-19-20)15-11(4-5-21-15)7-17-14-3-2-13(6-16)18-9-14/h2-3,8-11,15,17H,4-5,7H2,1H3/t11-,15+/m0/s1. The summed E-state index contributed by atoms with van der Waals surface area (Å²) in [5, 5.41) is 16.3. The van der Waals surface area contributed by atoms with Crippen LogP contribution in [0.1, 0.15) is 23.8 Å². The molecule has 3 heterocycles. The van der Waals surface area contributed by atoms with E-state index >= 15 is 0 Å². The quantitative estimate of drug-likeness (QED) is 0.927. The van der Waals surface area contributed by atoms with Crippen molar-refractivity contribution in [2.75, 3.05) is 18.5 Å². The number of ether oxygens (including phenoxy) is 1. The predicted octanol–water partition coefficient (Wildman–Crippen LogP) is 1.88. The van der Waals surface area contributed by atoms with E-state index in [4.69, 9.17) is 10.00 Å². The molecule has 21 heavy (non-hydrogen) atoms. The Hall–Kier alpha value is -2.39. The molecule has 6 heteroatoms. The van der Waals surface area contributed by atoms with E-state index in [0.29, 0.717) is 11.6 Å². The van der Waals surface area contributed by atoms with Gasteiger partial charge in [0.05, 0.1) is 24.2 Å². The number of pyridine rings is 1. The Morgan fingerprint density at radius 1 is 1.48 bits per heavy atom. The van der Waals surface area contributed by atoms with Gasteiger partial charge >= 0.3 is 0 Å². The summed E-state index contributed by atoms with van der Waals surface area (Å²) in [6.45, 7) is 1.59. The zero-order chi connectivity index (χ0) is 14.7. The molecule has 0 saturated carbocycles. The second-order valence-corrected chi connectivity index (χ2v) is 5.21. The number of nitrogens with one attached hydrogen (secondary N) is 1. The average molecular weight is 283 g/mol. The highest BCUT2D eigenvalue weighted by Gasteiger charge is 2.30. The maximum atomic E-state index is 8.74. The molecule has 2 aromatic heterocycles. The first kappa shape index (κ1) is 13.6. The van der Waals surface area contributed by atoms with Crippen LogP contribution in [0.4, 0.5) is 5.69 Å². The molecule has 0 aromatic carbocycles. The van der Waals surface area contributed by atoms with E-state index in [1.54, 1.807) is 16.9 Å². The molecule has 2 aromatic rings. The number of nitriles is 1. The first-order valence-corrected chi connectivity index (χ1v) is 6.96. The van der Waals surface area contributed by atoms with E-state index in [2.05, 4.69) is 15.4 Å². The molecule has 0 unspecified atom stereocenters. The second kappa shape index (κ2) is 5.94. The van der Waals surface area contributed by atoms with E-state index < -0.39 is 0 Å². The molecule has 0 aliphatic carbocycles. The van der Waals surface area contributed by atoms with Crippen LogP contribution in [-0.2, 0) is 11.8 Å². The van der Waals surface area contributed by atoms with Gasteiger partial charge in [0.25, 0.3) is 0 Å². The minimum absolute atomic E-state index is 0.0949. The van der Waals surface area contributed by atoms with Gasteiger partial charge < -0.3 is 10.1 Å². The lowest BCUT2D eigenvalue weighted by Gasteiger charge is -2.18. The summed E-state index contributed by atoms with van der Waals surface area (Å²) < 4.78 is 7.64. The van der Waals surface area contributed by atoms with Crippen molar-refractivity contribution in [3.05, 3.63) is 42.0 Å². The van der Waals surface area contributed by atoms with Crippen LogP contribution in [0.5, 0.6) is 0 Å². The Kier molecular flexibility index (Phi) is 3.84. The third kappa shape index (κ3) is 3.03. The van der Waals surface area contributed by atoms with Gasteiger partial charge in [0.1, 0.15) is 11.8 Å². The number of rotatable bonds is 4. The highest BCUT2D eigenvalue weighted by molar-refractivity contribution is 5.42. The number of aromatic nitrogens is 3. The van der Waals surface area contributed by atoms with Crippen molar-refractivity contribution in [1.29, 1.82) is 5.26 Å². The highest BCUT2D eigenvalue weighted by Crippen LogP contribution is 2.34. The SMILES string of the molecule is Cn1cc([C@@H]2OCC[C@H]2CNc2ccc(C#N)nc2)cn1. The Morgan fingerprint density at radius 3 is 3.05 bits per heavy atom. The van der Waals surface area contributed by atoms with E-state index in [1.807, 2.05) is 31.6 Å². The van der Waals surface area contributed by atoms with E-state index in [9.17, 15) is 0 Å². The number of anilines is 1. The van der Waals surface area contributed by atoms with E-state index in [0.717, 1.165) is 30.8 Å². The summed E-state index contributed by atoms with van der Waals surface area (Å²) in [6.07, 6.45) is 6.68. The second-order valence-electron chi connectivity index (χ2n) is 5.21. The van der Waals surface area contributed by atoms with Gasteiger partial charge in [-0.15, -0.1) is 0 Å². The minimum atomic E-state index is 0.0949. The number of aryl methyl sites for hydroxylation is 1. The van der Waals surface area contributed by atoms with Gasteiger partial charge in [0.2, 0.25) is 0 Å². The first-order valence-electron chi connectivity index (χ1n) is 6.96. The topological polar surface area (TPSA) is 75.8 Å². The molecule has 1 aliphatic heterocycles. The number of hydrogen-bond acceptors (Lipinski definition) is 5. The molecular formula is C15H17N5O. The minimum Gasteiger partial charge on any atom is -0.383 e. The molecule has 3 rings (SSSR count). The van der Waals surface area contributed by atoms with Crippen LogP contribution >= 0.6 is 0 Å². The predicted molar refractivity (Wildman–Crippen MR) is 77.4 cm³/mol. The first-order chi connectivity index (χ1) is 10.3. The van der Waals surface area contributed by atoms with Crippen LogP contribution in [0.25, 0.3) is 0 Å². The summed E-state index contributed by atoms with van der Waals surface area (Å²) in [5.41, 5.74) is 2.48. The molecule has 6 nitrogen and oxygen atoms in total. The van der Waals surface area contributed by atoms with Crippen LogP contribution in [-0.4, -0.2) is 27.9 Å². The Labute approximate surface area is 123 Å². The van der Waals surface area contributed by atoms with E-state index in [1.165, 1.54) is 0 Å². The zero-order valence-corrected chi connectivity index (χ0v) is 11.9. The Balaban J connectivity index is 1.62.